The lowest BCUT2D eigenvalue weighted by molar-refractivity contribution is -0.127. The minimum Gasteiger partial charge on any atom is -0.476 e. The maximum Gasteiger partial charge on any atom is 0.321 e. The molecule has 6 heteroatoms. The van der Waals surface area contributed by atoms with Crippen molar-refractivity contribution in [3.05, 3.63) is 65.7 Å². The van der Waals surface area contributed by atoms with E-state index in [9.17, 15) is 9.59 Å². The molecule has 2 aromatic carbocycles. The van der Waals surface area contributed by atoms with Gasteiger partial charge in [0.2, 0.25) is 6.10 Å². The van der Waals surface area contributed by atoms with Gasteiger partial charge in [0.05, 0.1) is 11.6 Å². The molecule has 0 aliphatic rings. The fourth-order valence-electron chi connectivity index (χ4n) is 2.03. The minimum absolute atomic E-state index is 0.408. The first-order valence-electron chi connectivity index (χ1n) is 7.44. The molecule has 2 rings (SSSR count). The Hall–Kier alpha value is -3.33. The van der Waals surface area contributed by atoms with Crippen molar-refractivity contribution in [1.82, 2.24) is 10.6 Å². The van der Waals surface area contributed by atoms with Gasteiger partial charge in [-0.05, 0) is 31.2 Å². The van der Waals surface area contributed by atoms with Gasteiger partial charge in [0.15, 0.2) is 0 Å². The van der Waals surface area contributed by atoms with E-state index in [4.69, 9.17) is 10.00 Å². The van der Waals surface area contributed by atoms with E-state index < -0.39 is 18.0 Å². The Morgan fingerprint density at radius 3 is 2.38 bits per heavy atom. The molecule has 1 atom stereocenters. The predicted molar refractivity (Wildman–Crippen MR) is 88.2 cm³/mol. The Bertz CT molecular complexity index is 736. The van der Waals surface area contributed by atoms with Crippen LogP contribution in [0.1, 0.15) is 24.2 Å². The number of nitriles is 1. The van der Waals surface area contributed by atoms with Gasteiger partial charge in [0.1, 0.15) is 5.75 Å². The third kappa shape index (κ3) is 4.58. The van der Waals surface area contributed by atoms with Gasteiger partial charge in [-0.15, -0.1) is 0 Å². The number of hydrogen-bond donors (Lipinski definition) is 2. The van der Waals surface area contributed by atoms with E-state index in [1.54, 1.807) is 55.5 Å². The van der Waals surface area contributed by atoms with E-state index >= 15 is 0 Å². The van der Waals surface area contributed by atoms with Gasteiger partial charge < -0.3 is 10.1 Å². The molecule has 0 spiro atoms. The van der Waals surface area contributed by atoms with E-state index in [1.165, 1.54) is 0 Å². The van der Waals surface area contributed by atoms with Crippen LogP contribution in [0, 0.1) is 11.3 Å². The van der Waals surface area contributed by atoms with Gasteiger partial charge in [-0.3, -0.25) is 10.1 Å². The molecule has 0 unspecified atom stereocenters. The summed E-state index contributed by atoms with van der Waals surface area (Å²) in [7, 11) is 0. The van der Waals surface area contributed by atoms with Gasteiger partial charge in [-0.1, -0.05) is 30.3 Å². The second kappa shape index (κ2) is 8.34. The molecule has 24 heavy (non-hydrogen) atoms. The second-order valence-corrected chi connectivity index (χ2v) is 4.89. The van der Waals surface area contributed by atoms with E-state index in [1.807, 2.05) is 12.1 Å². The standard InChI is InChI=1S/C18H17N3O3/c1-2-20-18(23)21-17(22)16(14-6-4-3-5-7-14)24-15-10-8-13(12-19)9-11-15/h3-11,16H,2H2,1H3,(H2,20,21,22,23)/t16-/m0/s1. The molecule has 0 bridgehead atoms. The summed E-state index contributed by atoms with van der Waals surface area (Å²) in [6.07, 6.45) is -0.984. The molecule has 0 aliphatic carbocycles. The van der Waals surface area contributed by atoms with E-state index in [0.717, 1.165) is 0 Å². The summed E-state index contributed by atoms with van der Waals surface area (Å²) in [5, 5.41) is 13.6. The van der Waals surface area contributed by atoms with Crippen LogP contribution < -0.4 is 15.4 Å². The number of ether oxygens (including phenoxy) is 1. The van der Waals surface area contributed by atoms with Crippen LogP contribution in [0.3, 0.4) is 0 Å². The van der Waals surface area contributed by atoms with Crippen LogP contribution in [0.25, 0.3) is 0 Å². The Balaban J connectivity index is 2.21. The molecule has 3 amide bonds. The number of carbonyl (C=O) groups excluding carboxylic acids is 2. The highest BCUT2D eigenvalue weighted by molar-refractivity contribution is 5.97. The zero-order chi connectivity index (χ0) is 17.4. The van der Waals surface area contributed by atoms with Gasteiger partial charge in [-0.25, -0.2) is 4.79 Å². The molecule has 122 valence electrons. The molecule has 0 heterocycles. The highest BCUT2D eigenvalue weighted by Gasteiger charge is 2.24. The van der Waals surface area contributed by atoms with E-state index in [2.05, 4.69) is 10.6 Å². The van der Waals surface area contributed by atoms with E-state index in [-0.39, 0.29) is 0 Å². The minimum atomic E-state index is -0.984. The van der Waals surface area contributed by atoms with Crippen molar-refractivity contribution in [1.29, 1.82) is 5.26 Å². The van der Waals surface area contributed by atoms with Crippen molar-refractivity contribution in [3.63, 3.8) is 0 Å². The van der Waals surface area contributed by atoms with Crippen molar-refractivity contribution in [2.24, 2.45) is 0 Å². The third-order valence-corrected chi connectivity index (χ3v) is 3.15. The number of benzene rings is 2. The van der Waals surface area contributed by atoms with Gasteiger partial charge in [-0.2, -0.15) is 5.26 Å². The van der Waals surface area contributed by atoms with Crippen LogP contribution in [0.2, 0.25) is 0 Å². The SMILES string of the molecule is CCNC(=O)NC(=O)[C@@H](Oc1ccc(C#N)cc1)c1ccccc1. The van der Waals surface area contributed by atoms with Crippen molar-refractivity contribution >= 4 is 11.9 Å². The van der Waals surface area contributed by atoms with Crippen LogP contribution >= 0.6 is 0 Å². The second-order valence-electron chi connectivity index (χ2n) is 4.89. The smallest absolute Gasteiger partial charge is 0.321 e. The summed E-state index contributed by atoms with van der Waals surface area (Å²) in [5.41, 5.74) is 1.11. The average molecular weight is 323 g/mol. The number of nitrogens with zero attached hydrogens (tertiary/aromatic N) is 1. The quantitative estimate of drug-likeness (QED) is 0.884. The summed E-state index contributed by atoms with van der Waals surface area (Å²) in [6.45, 7) is 2.16. The number of imide groups is 1. The van der Waals surface area contributed by atoms with Gasteiger partial charge in [0, 0.05) is 12.1 Å². The average Bonchev–Trinajstić information content (AvgIpc) is 2.61. The van der Waals surface area contributed by atoms with Crippen molar-refractivity contribution in [2.45, 2.75) is 13.0 Å². The molecular weight excluding hydrogens is 306 g/mol. The summed E-state index contributed by atoms with van der Waals surface area (Å²) >= 11 is 0. The number of urea groups is 1. The maximum absolute atomic E-state index is 12.4. The zero-order valence-corrected chi connectivity index (χ0v) is 13.2. The van der Waals surface area contributed by atoms with Crippen LogP contribution in [-0.4, -0.2) is 18.5 Å². The van der Waals surface area contributed by atoms with Crippen molar-refractivity contribution in [2.75, 3.05) is 6.54 Å². The van der Waals surface area contributed by atoms with Crippen molar-refractivity contribution in [3.8, 4) is 11.8 Å². The number of hydrogen-bond acceptors (Lipinski definition) is 4. The van der Waals surface area contributed by atoms with Gasteiger partial charge in [0.25, 0.3) is 5.91 Å². The lowest BCUT2D eigenvalue weighted by Crippen LogP contribution is -2.42. The molecular formula is C18H17N3O3. The number of rotatable bonds is 5. The van der Waals surface area contributed by atoms with E-state index in [0.29, 0.717) is 23.4 Å². The molecule has 0 aromatic heterocycles. The molecule has 0 aliphatic heterocycles. The number of amides is 3. The first-order chi connectivity index (χ1) is 11.6. The summed E-state index contributed by atoms with van der Waals surface area (Å²) in [5.74, 6) is -0.148. The highest BCUT2D eigenvalue weighted by atomic mass is 16.5. The van der Waals surface area contributed by atoms with Gasteiger partial charge >= 0.3 is 6.03 Å². The molecule has 2 aromatic rings. The maximum atomic E-state index is 12.4. The largest absolute Gasteiger partial charge is 0.476 e. The summed E-state index contributed by atoms with van der Waals surface area (Å²) in [4.78, 5) is 24.0. The molecule has 6 nitrogen and oxygen atoms in total. The summed E-state index contributed by atoms with van der Waals surface area (Å²) in [6, 6.07) is 16.7. The summed E-state index contributed by atoms with van der Waals surface area (Å²) < 4.78 is 5.74. The first-order valence-corrected chi connectivity index (χ1v) is 7.44. The Morgan fingerprint density at radius 1 is 1.12 bits per heavy atom. The lowest BCUT2D eigenvalue weighted by atomic mass is 10.1. The first kappa shape index (κ1) is 17.0. The van der Waals surface area contributed by atoms with Crippen LogP contribution in [-0.2, 0) is 4.79 Å². The highest BCUT2D eigenvalue weighted by Crippen LogP contribution is 2.22. The predicted octanol–water partition coefficient (Wildman–Crippen LogP) is 2.52. The van der Waals surface area contributed by atoms with Crippen LogP contribution in [0.15, 0.2) is 54.6 Å². The molecule has 0 saturated heterocycles. The third-order valence-electron chi connectivity index (χ3n) is 3.15. The fraction of sp³-hybridized carbons (Fsp3) is 0.167. The monoisotopic (exact) mass is 323 g/mol. The zero-order valence-electron chi connectivity index (χ0n) is 13.2. The number of carbonyl (C=O) groups is 2. The molecule has 0 saturated carbocycles. The fourth-order valence-corrected chi connectivity index (χ4v) is 2.03. The topological polar surface area (TPSA) is 91.2 Å². The Labute approximate surface area is 140 Å². The molecule has 0 fully saturated rings. The Kier molecular flexibility index (Phi) is 5.92. The Morgan fingerprint density at radius 2 is 1.79 bits per heavy atom. The molecule has 0 radical (unpaired) electrons. The van der Waals surface area contributed by atoms with Crippen molar-refractivity contribution < 1.29 is 14.3 Å². The normalized spacial score (nSPS) is 11.0. The van der Waals surface area contributed by atoms with Crippen LogP contribution in [0.4, 0.5) is 4.79 Å². The lowest BCUT2D eigenvalue weighted by Gasteiger charge is -2.19. The number of nitrogens with one attached hydrogen (secondary N) is 2. The van der Waals surface area contributed by atoms with Crippen LogP contribution in [0.5, 0.6) is 5.75 Å². The molecule has 2 N–H and O–H groups in total.